The molecule has 1 fully saturated rings. The van der Waals surface area contributed by atoms with Crippen molar-refractivity contribution in [1.82, 2.24) is 15.1 Å². The van der Waals surface area contributed by atoms with Crippen molar-refractivity contribution in [3.8, 4) is 11.3 Å². The van der Waals surface area contributed by atoms with Gasteiger partial charge in [-0.3, -0.25) is 9.59 Å². The second-order valence-corrected chi connectivity index (χ2v) is 6.06. The van der Waals surface area contributed by atoms with Gasteiger partial charge in [-0.1, -0.05) is 29.8 Å². The number of nitrogens with zero attached hydrogens (tertiary/aromatic N) is 2. The number of carbonyl (C=O) groups excluding carboxylic acids is 1. The lowest BCUT2D eigenvalue weighted by atomic mass is 10.1. The minimum Gasteiger partial charge on any atom is -0.356 e. The normalized spacial score (nSPS) is 13.8. The molecular formula is C18H21N3O2. The van der Waals surface area contributed by atoms with Gasteiger partial charge in [0.2, 0.25) is 5.91 Å². The lowest BCUT2D eigenvalue weighted by molar-refractivity contribution is -0.122. The van der Waals surface area contributed by atoms with E-state index in [4.69, 9.17) is 0 Å². The van der Waals surface area contributed by atoms with Crippen LogP contribution in [0.1, 0.15) is 24.8 Å². The highest BCUT2D eigenvalue weighted by molar-refractivity contribution is 5.80. The third-order valence-corrected chi connectivity index (χ3v) is 4.01. The van der Waals surface area contributed by atoms with Gasteiger partial charge in [0.25, 0.3) is 5.56 Å². The SMILES string of the molecule is Cc1ccc(-c2ccc(=O)n(CCCNC(=O)C3CC3)n2)cc1. The Balaban J connectivity index is 1.62. The Morgan fingerprint density at radius 1 is 1.22 bits per heavy atom. The molecule has 5 heteroatoms. The number of hydrogen-bond acceptors (Lipinski definition) is 3. The standard InChI is InChI=1S/C18H21N3O2/c1-13-3-5-14(6-4-13)16-9-10-17(22)21(20-16)12-2-11-19-18(23)15-7-8-15/h3-6,9-10,15H,2,7-8,11-12H2,1H3,(H,19,23). The lowest BCUT2D eigenvalue weighted by Crippen LogP contribution is -2.28. The van der Waals surface area contributed by atoms with E-state index < -0.39 is 0 Å². The first-order chi connectivity index (χ1) is 11.1. The summed E-state index contributed by atoms with van der Waals surface area (Å²) in [6, 6.07) is 11.4. The molecule has 1 amide bonds. The molecule has 0 saturated heterocycles. The Labute approximate surface area is 135 Å². The zero-order chi connectivity index (χ0) is 16.2. The van der Waals surface area contributed by atoms with E-state index in [9.17, 15) is 9.59 Å². The number of rotatable bonds is 6. The summed E-state index contributed by atoms with van der Waals surface area (Å²) in [5, 5.41) is 7.33. The van der Waals surface area contributed by atoms with Gasteiger partial charge in [-0.15, -0.1) is 0 Å². The predicted molar refractivity (Wildman–Crippen MR) is 89.0 cm³/mol. The first-order valence-corrected chi connectivity index (χ1v) is 8.06. The molecule has 0 radical (unpaired) electrons. The fourth-order valence-corrected chi connectivity index (χ4v) is 2.42. The van der Waals surface area contributed by atoms with Gasteiger partial charge in [0.1, 0.15) is 0 Å². The number of benzene rings is 1. The summed E-state index contributed by atoms with van der Waals surface area (Å²) in [6.45, 7) is 3.12. The van der Waals surface area contributed by atoms with Crippen LogP contribution < -0.4 is 10.9 Å². The van der Waals surface area contributed by atoms with Gasteiger partial charge in [-0.2, -0.15) is 5.10 Å². The summed E-state index contributed by atoms with van der Waals surface area (Å²) in [4.78, 5) is 23.5. The van der Waals surface area contributed by atoms with Gasteiger partial charge in [0.15, 0.2) is 0 Å². The smallest absolute Gasteiger partial charge is 0.266 e. The monoisotopic (exact) mass is 311 g/mol. The number of carbonyl (C=O) groups is 1. The maximum absolute atomic E-state index is 11.9. The Morgan fingerprint density at radius 3 is 2.65 bits per heavy atom. The number of amides is 1. The highest BCUT2D eigenvalue weighted by atomic mass is 16.2. The third-order valence-electron chi connectivity index (χ3n) is 4.01. The number of aromatic nitrogens is 2. The van der Waals surface area contributed by atoms with Gasteiger partial charge >= 0.3 is 0 Å². The van der Waals surface area contributed by atoms with Crippen LogP contribution in [-0.2, 0) is 11.3 Å². The first-order valence-electron chi connectivity index (χ1n) is 8.06. The van der Waals surface area contributed by atoms with Gasteiger partial charge < -0.3 is 5.32 Å². The molecule has 1 aromatic carbocycles. The molecule has 1 heterocycles. The van der Waals surface area contributed by atoms with Crippen molar-refractivity contribution in [3.05, 3.63) is 52.3 Å². The average molecular weight is 311 g/mol. The Bertz CT molecular complexity index is 746. The molecule has 0 unspecified atom stereocenters. The first kappa shape index (κ1) is 15.5. The molecule has 120 valence electrons. The molecule has 1 saturated carbocycles. The van der Waals surface area contributed by atoms with E-state index in [0.717, 1.165) is 24.1 Å². The average Bonchev–Trinajstić information content (AvgIpc) is 3.39. The Kier molecular flexibility index (Phi) is 4.55. The van der Waals surface area contributed by atoms with Crippen molar-refractivity contribution in [1.29, 1.82) is 0 Å². The Morgan fingerprint density at radius 2 is 1.96 bits per heavy atom. The molecule has 0 aliphatic heterocycles. The van der Waals surface area contributed by atoms with Crippen LogP contribution in [0.4, 0.5) is 0 Å². The van der Waals surface area contributed by atoms with Gasteiger partial charge in [-0.25, -0.2) is 4.68 Å². The molecule has 2 aromatic rings. The fraction of sp³-hybridized carbons (Fsp3) is 0.389. The second kappa shape index (κ2) is 6.77. The van der Waals surface area contributed by atoms with Crippen LogP contribution in [0.3, 0.4) is 0 Å². The van der Waals surface area contributed by atoms with Crippen molar-refractivity contribution in [2.45, 2.75) is 32.7 Å². The number of aryl methyl sites for hydroxylation is 2. The molecule has 23 heavy (non-hydrogen) atoms. The lowest BCUT2D eigenvalue weighted by Gasteiger charge is -2.08. The van der Waals surface area contributed by atoms with Crippen LogP contribution in [-0.4, -0.2) is 22.2 Å². The number of hydrogen-bond donors (Lipinski definition) is 1. The van der Waals surface area contributed by atoms with E-state index in [1.807, 2.05) is 31.2 Å². The quantitative estimate of drug-likeness (QED) is 0.831. The summed E-state index contributed by atoms with van der Waals surface area (Å²) >= 11 is 0. The van der Waals surface area contributed by atoms with Gasteiger partial charge in [0.05, 0.1) is 5.69 Å². The van der Waals surface area contributed by atoms with Crippen LogP contribution in [0.5, 0.6) is 0 Å². The fourth-order valence-electron chi connectivity index (χ4n) is 2.42. The largest absolute Gasteiger partial charge is 0.356 e. The molecule has 0 spiro atoms. The van der Waals surface area contributed by atoms with Crippen LogP contribution in [0.15, 0.2) is 41.2 Å². The molecular weight excluding hydrogens is 290 g/mol. The maximum atomic E-state index is 11.9. The highest BCUT2D eigenvalue weighted by Gasteiger charge is 2.28. The van der Waals surface area contributed by atoms with Crippen molar-refractivity contribution in [2.75, 3.05) is 6.54 Å². The molecule has 1 N–H and O–H groups in total. The molecule has 3 rings (SSSR count). The number of nitrogens with one attached hydrogen (secondary N) is 1. The van der Waals surface area contributed by atoms with E-state index in [2.05, 4.69) is 10.4 Å². The molecule has 1 aliphatic rings. The molecule has 0 atom stereocenters. The zero-order valence-electron chi connectivity index (χ0n) is 13.3. The highest BCUT2D eigenvalue weighted by Crippen LogP contribution is 2.28. The van der Waals surface area contributed by atoms with E-state index in [-0.39, 0.29) is 17.4 Å². The topological polar surface area (TPSA) is 64.0 Å². The van der Waals surface area contributed by atoms with Gasteiger partial charge in [-0.05, 0) is 32.3 Å². The Hall–Kier alpha value is -2.43. The van der Waals surface area contributed by atoms with Crippen molar-refractivity contribution < 1.29 is 4.79 Å². The molecule has 0 bridgehead atoms. The molecule has 1 aromatic heterocycles. The van der Waals surface area contributed by atoms with E-state index in [0.29, 0.717) is 19.5 Å². The maximum Gasteiger partial charge on any atom is 0.266 e. The molecule has 5 nitrogen and oxygen atoms in total. The third kappa shape index (κ3) is 4.06. The van der Waals surface area contributed by atoms with Gasteiger partial charge in [0, 0.05) is 30.6 Å². The second-order valence-electron chi connectivity index (χ2n) is 6.06. The van der Waals surface area contributed by atoms with Crippen LogP contribution in [0.2, 0.25) is 0 Å². The predicted octanol–water partition coefficient (Wildman–Crippen LogP) is 2.14. The summed E-state index contributed by atoms with van der Waals surface area (Å²) < 4.78 is 1.47. The van der Waals surface area contributed by atoms with E-state index in [1.54, 1.807) is 12.1 Å². The van der Waals surface area contributed by atoms with E-state index in [1.165, 1.54) is 10.2 Å². The summed E-state index contributed by atoms with van der Waals surface area (Å²) in [6.07, 6.45) is 2.71. The zero-order valence-corrected chi connectivity index (χ0v) is 13.3. The molecule has 1 aliphatic carbocycles. The van der Waals surface area contributed by atoms with Crippen molar-refractivity contribution in [2.24, 2.45) is 5.92 Å². The van der Waals surface area contributed by atoms with Crippen LogP contribution in [0.25, 0.3) is 11.3 Å². The summed E-state index contributed by atoms with van der Waals surface area (Å²) in [5.41, 5.74) is 2.85. The summed E-state index contributed by atoms with van der Waals surface area (Å²) in [7, 11) is 0. The minimum atomic E-state index is -0.116. The van der Waals surface area contributed by atoms with Crippen LogP contribution in [0, 0.1) is 12.8 Å². The minimum absolute atomic E-state index is 0.116. The summed E-state index contributed by atoms with van der Waals surface area (Å²) in [5.74, 6) is 0.361. The van der Waals surface area contributed by atoms with Crippen molar-refractivity contribution >= 4 is 5.91 Å². The van der Waals surface area contributed by atoms with E-state index >= 15 is 0 Å². The van der Waals surface area contributed by atoms with Crippen molar-refractivity contribution in [3.63, 3.8) is 0 Å². The van der Waals surface area contributed by atoms with Crippen LogP contribution >= 0.6 is 0 Å².